The third-order valence-corrected chi connectivity index (χ3v) is 3.07. The average molecular weight is 300 g/mol. The Balaban J connectivity index is 0.00000256. The maximum absolute atomic E-state index is 2.33. The van der Waals surface area contributed by atoms with E-state index in [2.05, 4.69) is 51.4 Å². The Hall–Kier alpha value is -0.340. The fourth-order valence-corrected chi connectivity index (χ4v) is 2.12. The van der Waals surface area contributed by atoms with Gasteiger partial charge in [0.1, 0.15) is 6.54 Å². The van der Waals surface area contributed by atoms with Crippen LogP contribution in [-0.2, 0) is 6.54 Å². The predicted octanol–water partition coefficient (Wildman–Crippen LogP) is 0.847. The molecule has 0 radical (unpaired) electrons. The van der Waals surface area contributed by atoms with E-state index >= 15 is 0 Å². The number of rotatable bonds is 7. The third kappa shape index (κ3) is 7.56. The van der Waals surface area contributed by atoms with Crippen molar-refractivity contribution in [2.45, 2.75) is 39.2 Å². The minimum Gasteiger partial charge on any atom is -1.00 e. The molecule has 0 aliphatic rings. The summed E-state index contributed by atoms with van der Waals surface area (Å²) < 4.78 is 1.10. The van der Waals surface area contributed by atoms with Crippen LogP contribution in [0.1, 0.15) is 38.2 Å². The van der Waals surface area contributed by atoms with Gasteiger partial charge in [-0.1, -0.05) is 50.1 Å². The summed E-state index contributed by atoms with van der Waals surface area (Å²) in [6.45, 7) is 4.70. The van der Waals surface area contributed by atoms with E-state index in [1.54, 1.807) is 0 Å². The van der Waals surface area contributed by atoms with Crippen molar-refractivity contribution in [2.24, 2.45) is 0 Å². The second-order valence-corrected chi connectivity index (χ2v) is 5.36. The molecular formula is C15H26BrN. The van der Waals surface area contributed by atoms with Crippen LogP contribution in [0.15, 0.2) is 30.3 Å². The van der Waals surface area contributed by atoms with Crippen molar-refractivity contribution in [3.8, 4) is 0 Å². The fraction of sp³-hybridized carbons (Fsp3) is 0.600. The maximum atomic E-state index is 2.33. The molecule has 0 aliphatic carbocycles. The maximum Gasteiger partial charge on any atom is 0.104 e. The van der Waals surface area contributed by atoms with Gasteiger partial charge in [0.05, 0.1) is 20.6 Å². The fourth-order valence-electron chi connectivity index (χ4n) is 2.12. The molecule has 0 unspecified atom stereocenters. The Labute approximate surface area is 117 Å². The molecule has 0 saturated carbocycles. The summed E-state index contributed by atoms with van der Waals surface area (Å²) in [7, 11) is 4.66. The van der Waals surface area contributed by atoms with Crippen molar-refractivity contribution in [3.05, 3.63) is 35.9 Å². The van der Waals surface area contributed by atoms with Gasteiger partial charge in [-0.05, 0) is 12.8 Å². The molecule has 1 aromatic rings. The van der Waals surface area contributed by atoms with Crippen LogP contribution in [0, 0.1) is 0 Å². The van der Waals surface area contributed by atoms with Gasteiger partial charge in [-0.15, -0.1) is 0 Å². The Kier molecular flexibility index (Phi) is 8.53. The SMILES string of the molecule is CCCCCC[N+](C)(C)Cc1ccccc1.[Br-]. The molecule has 2 heteroatoms. The topological polar surface area (TPSA) is 0 Å². The molecule has 0 aliphatic heterocycles. The molecule has 98 valence electrons. The van der Waals surface area contributed by atoms with Crippen molar-refractivity contribution < 1.29 is 21.5 Å². The highest BCUT2D eigenvalue weighted by atomic mass is 79.9. The van der Waals surface area contributed by atoms with Crippen LogP contribution < -0.4 is 17.0 Å². The second-order valence-electron chi connectivity index (χ2n) is 5.36. The molecule has 0 N–H and O–H groups in total. The van der Waals surface area contributed by atoms with Crippen LogP contribution in [0.5, 0.6) is 0 Å². The molecule has 0 heterocycles. The molecular weight excluding hydrogens is 274 g/mol. The molecule has 1 nitrogen and oxygen atoms in total. The van der Waals surface area contributed by atoms with Crippen molar-refractivity contribution in [1.82, 2.24) is 0 Å². The van der Waals surface area contributed by atoms with E-state index in [1.807, 2.05) is 0 Å². The first-order valence-electron chi connectivity index (χ1n) is 6.50. The van der Waals surface area contributed by atoms with Crippen molar-refractivity contribution in [1.29, 1.82) is 0 Å². The van der Waals surface area contributed by atoms with Crippen LogP contribution in [-0.4, -0.2) is 25.1 Å². The Bertz CT molecular complexity index is 282. The van der Waals surface area contributed by atoms with Crippen LogP contribution >= 0.6 is 0 Å². The zero-order chi connectivity index (χ0) is 11.9. The highest BCUT2D eigenvalue weighted by molar-refractivity contribution is 5.13. The van der Waals surface area contributed by atoms with E-state index in [4.69, 9.17) is 0 Å². The number of unbranched alkanes of at least 4 members (excludes halogenated alkanes) is 3. The van der Waals surface area contributed by atoms with Gasteiger partial charge in [0.15, 0.2) is 0 Å². The van der Waals surface area contributed by atoms with Gasteiger partial charge in [-0.2, -0.15) is 0 Å². The summed E-state index contributed by atoms with van der Waals surface area (Å²) in [6.07, 6.45) is 5.44. The summed E-state index contributed by atoms with van der Waals surface area (Å²) in [6, 6.07) is 10.8. The predicted molar refractivity (Wildman–Crippen MR) is 71.3 cm³/mol. The smallest absolute Gasteiger partial charge is 0.104 e. The first-order valence-corrected chi connectivity index (χ1v) is 6.50. The average Bonchev–Trinajstić information content (AvgIpc) is 2.25. The van der Waals surface area contributed by atoms with Crippen molar-refractivity contribution in [3.63, 3.8) is 0 Å². The molecule has 0 saturated heterocycles. The molecule has 0 amide bonds. The van der Waals surface area contributed by atoms with Crippen molar-refractivity contribution in [2.75, 3.05) is 20.6 Å². The standard InChI is InChI=1S/C15H26N.BrH/c1-4-5-6-10-13-16(2,3)14-15-11-8-7-9-12-15;/h7-9,11-12H,4-6,10,13-14H2,1-3H3;1H/q+1;/p-1. The Morgan fingerprint density at radius 3 is 2.18 bits per heavy atom. The lowest BCUT2D eigenvalue weighted by atomic mass is 10.1. The monoisotopic (exact) mass is 299 g/mol. The lowest BCUT2D eigenvalue weighted by molar-refractivity contribution is -0.903. The van der Waals surface area contributed by atoms with Gasteiger partial charge >= 0.3 is 0 Å². The normalized spacial score (nSPS) is 11.0. The highest BCUT2D eigenvalue weighted by Crippen LogP contribution is 2.11. The minimum atomic E-state index is 0. The molecule has 0 bridgehead atoms. The van der Waals surface area contributed by atoms with E-state index in [0.29, 0.717) is 0 Å². The number of quaternary nitrogens is 1. The first kappa shape index (κ1) is 16.7. The van der Waals surface area contributed by atoms with Gasteiger partial charge in [0, 0.05) is 5.56 Å². The molecule has 1 aromatic carbocycles. The molecule has 0 spiro atoms. The van der Waals surface area contributed by atoms with Gasteiger partial charge in [0.25, 0.3) is 0 Å². The zero-order valence-electron chi connectivity index (χ0n) is 11.5. The van der Waals surface area contributed by atoms with Gasteiger partial charge < -0.3 is 21.5 Å². The number of hydrogen-bond donors (Lipinski definition) is 0. The summed E-state index contributed by atoms with van der Waals surface area (Å²) >= 11 is 0. The molecule has 0 aromatic heterocycles. The second kappa shape index (κ2) is 8.71. The Morgan fingerprint density at radius 2 is 1.59 bits per heavy atom. The Morgan fingerprint density at radius 1 is 0.941 bits per heavy atom. The van der Waals surface area contributed by atoms with Gasteiger partial charge in [-0.25, -0.2) is 0 Å². The highest BCUT2D eigenvalue weighted by Gasteiger charge is 2.14. The van der Waals surface area contributed by atoms with Crippen LogP contribution in [0.25, 0.3) is 0 Å². The third-order valence-electron chi connectivity index (χ3n) is 3.07. The van der Waals surface area contributed by atoms with Crippen LogP contribution in [0.3, 0.4) is 0 Å². The lowest BCUT2D eigenvalue weighted by Crippen LogP contribution is -3.00. The largest absolute Gasteiger partial charge is 1.00 e. The number of hydrogen-bond acceptors (Lipinski definition) is 0. The number of halogens is 1. The van der Waals surface area contributed by atoms with E-state index in [1.165, 1.54) is 37.8 Å². The summed E-state index contributed by atoms with van der Waals surface area (Å²) in [5.41, 5.74) is 1.45. The molecule has 0 fully saturated rings. The molecule has 17 heavy (non-hydrogen) atoms. The van der Waals surface area contributed by atoms with E-state index in [-0.39, 0.29) is 17.0 Å². The summed E-state index contributed by atoms with van der Waals surface area (Å²) in [5, 5.41) is 0. The summed E-state index contributed by atoms with van der Waals surface area (Å²) in [4.78, 5) is 0. The quantitative estimate of drug-likeness (QED) is 0.517. The molecule has 1 rings (SSSR count). The van der Waals surface area contributed by atoms with Gasteiger partial charge in [-0.3, -0.25) is 0 Å². The van der Waals surface area contributed by atoms with Crippen LogP contribution in [0.2, 0.25) is 0 Å². The molecule has 0 atom stereocenters. The number of nitrogens with zero attached hydrogens (tertiary/aromatic N) is 1. The summed E-state index contributed by atoms with van der Waals surface area (Å²) in [5.74, 6) is 0. The van der Waals surface area contributed by atoms with Crippen molar-refractivity contribution >= 4 is 0 Å². The van der Waals surface area contributed by atoms with E-state index in [0.717, 1.165) is 11.0 Å². The van der Waals surface area contributed by atoms with Gasteiger partial charge in [0.2, 0.25) is 0 Å². The van der Waals surface area contributed by atoms with Crippen LogP contribution in [0.4, 0.5) is 0 Å². The lowest BCUT2D eigenvalue weighted by Gasteiger charge is -2.30. The number of benzene rings is 1. The zero-order valence-corrected chi connectivity index (χ0v) is 13.0. The van der Waals surface area contributed by atoms with E-state index in [9.17, 15) is 0 Å². The van der Waals surface area contributed by atoms with E-state index < -0.39 is 0 Å². The minimum absolute atomic E-state index is 0. The first-order chi connectivity index (χ1) is 7.64.